The number of carboxylic acids is 1. The highest BCUT2D eigenvalue weighted by Crippen LogP contribution is 2.41. The number of benzene rings is 2. The van der Waals surface area contributed by atoms with Gasteiger partial charge in [0.15, 0.2) is 5.82 Å². The maximum absolute atomic E-state index is 16.6. The lowest BCUT2D eigenvalue weighted by Gasteiger charge is -2.30. The molecule has 0 radical (unpaired) electrons. The highest BCUT2D eigenvalue weighted by atomic mass is 32.2. The first kappa shape index (κ1) is 32.9. The van der Waals surface area contributed by atoms with Gasteiger partial charge in [-0.3, -0.25) is 4.79 Å². The molecule has 2 aromatic carbocycles. The van der Waals surface area contributed by atoms with Crippen LogP contribution in [0.1, 0.15) is 44.4 Å². The average Bonchev–Trinajstić information content (AvgIpc) is 2.89. The van der Waals surface area contributed by atoms with Gasteiger partial charge in [-0.05, 0) is 56.9 Å². The molecule has 2 amide bonds. The van der Waals surface area contributed by atoms with Crippen molar-refractivity contribution >= 4 is 39.6 Å². The number of nitrogens with one attached hydrogen (secondary N) is 2. The number of carbonyl (C=O) groups excluding carboxylic acids is 2. The topological polar surface area (TPSA) is 161 Å². The zero-order valence-electron chi connectivity index (χ0n) is 24.2. The number of fused-ring (bicyclic) bond motifs is 1. The van der Waals surface area contributed by atoms with Gasteiger partial charge in [0.1, 0.15) is 36.8 Å². The molecule has 0 aromatic heterocycles. The van der Waals surface area contributed by atoms with Gasteiger partial charge >= 0.3 is 28.4 Å². The van der Waals surface area contributed by atoms with E-state index in [2.05, 4.69) is 16.6 Å². The van der Waals surface area contributed by atoms with Gasteiger partial charge in [0.05, 0.1) is 6.04 Å². The number of ether oxygens (including phenoxy) is 3. The van der Waals surface area contributed by atoms with Gasteiger partial charge in [-0.25, -0.2) is 23.0 Å². The van der Waals surface area contributed by atoms with Crippen LogP contribution >= 0.6 is 0 Å². The molecule has 3 N–H and O–H groups in total. The van der Waals surface area contributed by atoms with Gasteiger partial charge in [-0.15, -0.1) is 0 Å². The van der Waals surface area contributed by atoms with Crippen molar-refractivity contribution in [1.82, 2.24) is 10.0 Å². The molecule has 1 aliphatic carbocycles. The number of rotatable bonds is 11. The van der Waals surface area contributed by atoms with Crippen LogP contribution < -0.4 is 19.1 Å². The molecule has 0 saturated carbocycles. The van der Waals surface area contributed by atoms with Crippen molar-refractivity contribution in [1.29, 1.82) is 0 Å². The molecule has 2 aromatic rings. The van der Waals surface area contributed by atoms with E-state index in [1.165, 1.54) is 12.1 Å². The Balaban J connectivity index is 2.13. The summed E-state index contributed by atoms with van der Waals surface area (Å²) in [4.78, 5) is 36.4. The first-order chi connectivity index (χ1) is 20.1. The SMILES string of the molecule is C=CCOC(=O)NS(=O)(=O)N(CC(=O)O)c1c(OCc2ccccc2)cc2c(c1F)C[C@H](NC(=O)OC(C)(C)C)C=C2C. The van der Waals surface area contributed by atoms with E-state index in [1.807, 2.05) is 0 Å². The molecule has 0 aliphatic heterocycles. The summed E-state index contributed by atoms with van der Waals surface area (Å²) in [6.45, 7) is 8.37. The summed E-state index contributed by atoms with van der Waals surface area (Å²) in [5, 5.41) is 12.2. The number of anilines is 1. The predicted octanol–water partition coefficient (Wildman–Crippen LogP) is 4.31. The Hall–Kier alpha value is -4.59. The summed E-state index contributed by atoms with van der Waals surface area (Å²) in [5.74, 6) is -3.05. The van der Waals surface area contributed by atoms with Gasteiger partial charge in [-0.2, -0.15) is 8.42 Å². The molecule has 0 unspecified atom stereocenters. The molecule has 3 rings (SSSR count). The Morgan fingerprint density at radius 2 is 1.86 bits per heavy atom. The monoisotopic (exact) mass is 619 g/mol. The molecular weight excluding hydrogens is 585 g/mol. The van der Waals surface area contributed by atoms with E-state index in [4.69, 9.17) is 9.47 Å². The molecule has 14 heteroatoms. The summed E-state index contributed by atoms with van der Waals surface area (Å²) in [5.41, 5.74) is 0.0207. The molecular formula is C29H34FN3O9S. The van der Waals surface area contributed by atoms with Crippen LogP contribution in [-0.2, 0) is 37.5 Å². The number of allylic oxidation sites excluding steroid dienone is 1. The van der Waals surface area contributed by atoms with E-state index in [-0.39, 0.29) is 35.3 Å². The summed E-state index contributed by atoms with van der Waals surface area (Å²) in [7, 11) is -5.05. The molecule has 0 fully saturated rings. The molecule has 43 heavy (non-hydrogen) atoms. The Bertz CT molecular complexity index is 1520. The average molecular weight is 620 g/mol. The van der Waals surface area contributed by atoms with Crippen LogP contribution in [0.3, 0.4) is 0 Å². The first-order valence-corrected chi connectivity index (χ1v) is 14.6. The smallest absolute Gasteiger partial charge is 0.422 e. The lowest BCUT2D eigenvalue weighted by atomic mass is 9.87. The number of hydrogen-bond donors (Lipinski definition) is 3. The van der Waals surface area contributed by atoms with Crippen molar-refractivity contribution < 1.29 is 46.5 Å². The first-order valence-electron chi connectivity index (χ1n) is 13.1. The zero-order valence-corrected chi connectivity index (χ0v) is 25.0. The lowest BCUT2D eigenvalue weighted by molar-refractivity contribution is -0.135. The third-order valence-electron chi connectivity index (χ3n) is 5.91. The van der Waals surface area contributed by atoms with Crippen molar-refractivity contribution in [3.05, 3.63) is 77.6 Å². The molecule has 0 saturated heterocycles. The fraction of sp³-hybridized carbons (Fsp3) is 0.345. The molecule has 12 nitrogen and oxygen atoms in total. The van der Waals surface area contributed by atoms with Crippen molar-refractivity contribution in [3.8, 4) is 5.75 Å². The minimum Gasteiger partial charge on any atom is -0.487 e. The van der Waals surface area contributed by atoms with Gasteiger partial charge in [0.2, 0.25) is 0 Å². The van der Waals surface area contributed by atoms with Crippen molar-refractivity contribution in [2.75, 3.05) is 17.5 Å². The molecule has 0 spiro atoms. The molecule has 0 bridgehead atoms. The second kappa shape index (κ2) is 13.6. The predicted molar refractivity (Wildman–Crippen MR) is 156 cm³/mol. The van der Waals surface area contributed by atoms with Gasteiger partial charge < -0.3 is 24.6 Å². The summed E-state index contributed by atoms with van der Waals surface area (Å²) < 4.78 is 60.8. The lowest BCUT2D eigenvalue weighted by Crippen LogP contribution is -2.47. The van der Waals surface area contributed by atoms with Gasteiger partial charge in [0, 0.05) is 5.56 Å². The standard InChI is InChI=1S/C29H34FN3O9S/c1-6-12-40-28(37)32-43(38,39)33(16-24(34)35)26-23(41-17-19-10-8-7-9-11-19)15-21-18(2)13-20(14-22(21)25(26)30)31-27(36)42-29(3,4)5/h6-11,13,15,20H,1,12,14,16-17H2,2-5H3,(H,31,36)(H,32,37)(H,34,35)/t20-/m1/s1. The van der Waals surface area contributed by atoms with Crippen LogP contribution in [0, 0.1) is 5.82 Å². The minimum atomic E-state index is -5.05. The van der Waals surface area contributed by atoms with Crippen molar-refractivity contribution in [3.63, 3.8) is 0 Å². The fourth-order valence-corrected chi connectivity index (χ4v) is 5.31. The van der Waals surface area contributed by atoms with Crippen molar-refractivity contribution in [2.45, 2.75) is 52.4 Å². The van der Waals surface area contributed by atoms with Crippen LogP contribution in [0.5, 0.6) is 5.75 Å². The molecule has 1 atom stereocenters. The number of hydrogen-bond acceptors (Lipinski definition) is 8. The summed E-state index contributed by atoms with van der Waals surface area (Å²) in [6, 6.07) is 9.39. The fourth-order valence-electron chi connectivity index (χ4n) is 4.24. The number of amides is 2. The van der Waals surface area contributed by atoms with Gasteiger partial charge in [0.25, 0.3) is 0 Å². The minimum absolute atomic E-state index is 0.0112. The number of carbonyl (C=O) groups is 3. The maximum atomic E-state index is 16.6. The molecule has 1 aliphatic rings. The van der Waals surface area contributed by atoms with Crippen molar-refractivity contribution in [2.24, 2.45) is 0 Å². The van der Waals surface area contributed by atoms with E-state index in [1.54, 1.807) is 68.8 Å². The number of nitrogens with zero attached hydrogens (tertiary/aromatic N) is 1. The van der Waals surface area contributed by atoms with Crippen LogP contribution in [0.25, 0.3) is 5.57 Å². The summed E-state index contributed by atoms with van der Waals surface area (Å²) >= 11 is 0. The van der Waals surface area contributed by atoms with E-state index in [0.717, 1.165) is 0 Å². The number of carboxylic acid groups (broad SMARTS) is 1. The largest absolute Gasteiger partial charge is 0.487 e. The quantitative estimate of drug-likeness (QED) is 0.312. The Kier molecular flexibility index (Phi) is 10.4. The molecule has 0 heterocycles. The normalized spacial score (nSPS) is 14.4. The van der Waals surface area contributed by atoms with E-state index in [0.29, 0.717) is 16.7 Å². The second-order valence-electron chi connectivity index (χ2n) is 10.5. The third-order valence-corrected chi connectivity index (χ3v) is 7.23. The highest BCUT2D eigenvalue weighted by Gasteiger charge is 2.36. The van der Waals surface area contributed by atoms with E-state index < -0.39 is 58.1 Å². The van der Waals surface area contributed by atoms with Crippen LogP contribution in [0.15, 0.2) is 55.1 Å². The second-order valence-corrected chi connectivity index (χ2v) is 12.1. The number of alkyl carbamates (subject to hydrolysis) is 1. The van der Waals surface area contributed by atoms with E-state index >= 15 is 4.39 Å². The Morgan fingerprint density at radius 3 is 2.47 bits per heavy atom. The highest BCUT2D eigenvalue weighted by molar-refractivity contribution is 7.91. The van der Waals surface area contributed by atoms with E-state index in [9.17, 15) is 27.9 Å². The van der Waals surface area contributed by atoms with Crippen LogP contribution in [0.4, 0.5) is 19.7 Å². The third kappa shape index (κ3) is 8.95. The van der Waals surface area contributed by atoms with Gasteiger partial charge in [-0.1, -0.05) is 49.1 Å². The number of aliphatic carboxylic acids is 1. The Morgan fingerprint density at radius 1 is 1.19 bits per heavy atom. The summed E-state index contributed by atoms with van der Waals surface area (Å²) in [6.07, 6.45) is 0.582. The molecule has 232 valence electrons. The maximum Gasteiger partial charge on any atom is 0.422 e. The number of halogens is 1. The Labute approximate surface area is 249 Å². The van der Waals surface area contributed by atoms with Crippen LogP contribution in [-0.4, -0.2) is 56.5 Å². The zero-order chi connectivity index (χ0) is 31.9. The van der Waals surface area contributed by atoms with Crippen LogP contribution in [0.2, 0.25) is 0 Å².